The Hall–Kier alpha value is -3.52. The third kappa shape index (κ3) is 3.69. The van der Waals surface area contributed by atoms with Gasteiger partial charge in [-0.05, 0) is 44.2 Å². The van der Waals surface area contributed by atoms with Crippen LogP contribution in [0.1, 0.15) is 18.9 Å². The van der Waals surface area contributed by atoms with Crippen LogP contribution in [-0.4, -0.2) is 34.9 Å². The van der Waals surface area contributed by atoms with E-state index < -0.39 is 24.0 Å². The van der Waals surface area contributed by atoms with Crippen LogP contribution in [0.3, 0.4) is 0 Å². The number of thiazole rings is 1. The Labute approximate surface area is 177 Å². The molecule has 0 unspecified atom stereocenters. The van der Waals surface area contributed by atoms with Gasteiger partial charge in [-0.2, -0.15) is 0 Å². The van der Waals surface area contributed by atoms with Gasteiger partial charge in [0.15, 0.2) is 6.61 Å². The van der Waals surface area contributed by atoms with E-state index in [1.54, 1.807) is 44.2 Å². The Morgan fingerprint density at radius 1 is 1.17 bits per heavy atom. The number of esters is 1. The Balaban J connectivity index is 1.44. The van der Waals surface area contributed by atoms with E-state index in [4.69, 9.17) is 4.74 Å². The third-order valence-corrected chi connectivity index (χ3v) is 5.77. The zero-order valence-corrected chi connectivity index (χ0v) is 17.2. The van der Waals surface area contributed by atoms with Crippen LogP contribution in [0, 0.1) is 0 Å². The van der Waals surface area contributed by atoms with Crippen molar-refractivity contribution in [3.05, 3.63) is 59.6 Å². The first-order valence-electron chi connectivity index (χ1n) is 9.30. The summed E-state index contributed by atoms with van der Waals surface area (Å²) in [7, 11) is 0. The summed E-state index contributed by atoms with van der Waals surface area (Å²) in [5.74, 6) is -1.45. The lowest BCUT2D eigenvalue weighted by Crippen LogP contribution is -2.59. The van der Waals surface area contributed by atoms with E-state index in [0.29, 0.717) is 16.4 Å². The Morgan fingerprint density at radius 2 is 1.90 bits per heavy atom. The minimum atomic E-state index is -1.12. The fourth-order valence-corrected chi connectivity index (χ4v) is 4.11. The van der Waals surface area contributed by atoms with Gasteiger partial charge in [0.05, 0.1) is 21.6 Å². The maximum atomic E-state index is 12.9. The van der Waals surface area contributed by atoms with Crippen molar-refractivity contribution >= 4 is 56.8 Å². The molecule has 30 heavy (non-hydrogen) atoms. The second kappa shape index (κ2) is 7.72. The molecule has 1 N–H and O–H groups in total. The molecule has 2 aromatic carbocycles. The van der Waals surface area contributed by atoms with Gasteiger partial charge in [0.2, 0.25) is 5.91 Å². The third-order valence-electron chi connectivity index (χ3n) is 4.77. The fraction of sp³-hybridized carbons (Fsp3) is 0.182. The molecule has 2 amide bonds. The molecule has 0 fully saturated rings. The number of benzene rings is 2. The lowest BCUT2D eigenvalue weighted by atomic mass is 9.96. The zero-order valence-electron chi connectivity index (χ0n) is 16.4. The summed E-state index contributed by atoms with van der Waals surface area (Å²) < 4.78 is 6.14. The average molecular weight is 421 g/mol. The van der Waals surface area contributed by atoms with Gasteiger partial charge < -0.3 is 10.1 Å². The van der Waals surface area contributed by atoms with Gasteiger partial charge in [0.25, 0.3) is 5.91 Å². The number of carbonyl (C=O) groups excluding carboxylic acids is 3. The monoisotopic (exact) mass is 421 g/mol. The van der Waals surface area contributed by atoms with Crippen LogP contribution in [0.5, 0.6) is 0 Å². The second-order valence-corrected chi connectivity index (χ2v) is 8.28. The van der Waals surface area contributed by atoms with Gasteiger partial charge in [-0.3, -0.25) is 14.5 Å². The lowest BCUT2D eigenvalue weighted by Gasteiger charge is -2.41. The molecular weight excluding hydrogens is 402 g/mol. The van der Waals surface area contributed by atoms with Crippen LogP contribution in [0.4, 0.5) is 11.4 Å². The van der Waals surface area contributed by atoms with Crippen LogP contribution in [0.2, 0.25) is 0 Å². The van der Waals surface area contributed by atoms with Crippen LogP contribution < -0.4 is 10.2 Å². The predicted octanol–water partition coefficient (Wildman–Crippen LogP) is 3.62. The maximum absolute atomic E-state index is 12.9. The molecule has 4 rings (SSSR count). The van der Waals surface area contributed by atoms with Crippen LogP contribution in [0.15, 0.2) is 54.6 Å². The average Bonchev–Trinajstić information content (AvgIpc) is 3.14. The summed E-state index contributed by atoms with van der Waals surface area (Å²) >= 11 is 1.45. The quantitative estimate of drug-likeness (QED) is 0.513. The molecule has 0 atom stereocenters. The number of carbonyl (C=O) groups is 3. The number of fused-ring (bicyclic) bond motifs is 2. The molecular formula is C22H19N3O4S. The molecule has 0 bridgehead atoms. The number of nitrogens with zero attached hydrogens (tertiary/aromatic N) is 2. The summed E-state index contributed by atoms with van der Waals surface area (Å²) in [6.07, 6.45) is 2.80. The molecule has 1 aromatic heterocycles. The van der Waals surface area contributed by atoms with Crippen LogP contribution in [-0.2, 0) is 19.1 Å². The number of hydrogen-bond acceptors (Lipinski definition) is 6. The first kappa shape index (κ1) is 19.8. The molecule has 0 aliphatic carbocycles. The normalized spacial score (nSPS) is 15.1. The van der Waals surface area contributed by atoms with Gasteiger partial charge in [0, 0.05) is 6.08 Å². The number of hydrogen-bond donors (Lipinski definition) is 1. The molecule has 2 heterocycles. The summed E-state index contributed by atoms with van der Waals surface area (Å²) in [4.78, 5) is 43.2. The van der Waals surface area contributed by atoms with Crippen molar-refractivity contribution in [1.29, 1.82) is 0 Å². The molecule has 8 heteroatoms. The molecule has 0 spiro atoms. The van der Waals surface area contributed by atoms with Crippen molar-refractivity contribution in [1.82, 2.24) is 4.98 Å². The highest BCUT2D eigenvalue weighted by molar-refractivity contribution is 7.19. The van der Waals surface area contributed by atoms with E-state index in [2.05, 4.69) is 10.3 Å². The van der Waals surface area contributed by atoms with Crippen molar-refractivity contribution in [2.75, 3.05) is 16.8 Å². The molecule has 0 saturated carbocycles. The number of rotatable bonds is 4. The Morgan fingerprint density at radius 3 is 2.70 bits per heavy atom. The zero-order chi connectivity index (χ0) is 21.3. The lowest BCUT2D eigenvalue weighted by molar-refractivity contribution is -0.143. The molecule has 7 nitrogen and oxygen atoms in total. The smallest absolute Gasteiger partial charge is 0.331 e. The van der Waals surface area contributed by atoms with Gasteiger partial charge >= 0.3 is 5.97 Å². The minimum Gasteiger partial charge on any atom is -0.452 e. The van der Waals surface area contributed by atoms with Crippen LogP contribution in [0.25, 0.3) is 16.3 Å². The summed E-state index contributed by atoms with van der Waals surface area (Å²) in [5.41, 5.74) is 0.842. The van der Waals surface area contributed by atoms with Crippen molar-refractivity contribution in [3.8, 4) is 0 Å². The van der Waals surface area contributed by atoms with Crippen molar-refractivity contribution in [2.45, 2.75) is 19.4 Å². The first-order chi connectivity index (χ1) is 14.4. The number of aromatic nitrogens is 1. The molecule has 1 aliphatic heterocycles. The highest BCUT2D eigenvalue weighted by atomic mass is 32.1. The first-order valence-corrected chi connectivity index (χ1v) is 10.1. The molecule has 1 aliphatic rings. The molecule has 0 saturated heterocycles. The largest absolute Gasteiger partial charge is 0.452 e. The number of para-hydroxylation sites is 3. The summed E-state index contributed by atoms with van der Waals surface area (Å²) in [6, 6.07) is 14.7. The topological polar surface area (TPSA) is 88.6 Å². The van der Waals surface area contributed by atoms with Gasteiger partial charge in [-0.25, -0.2) is 9.78 Å². The highest BCUT2D eigenvalue weighted by Crippen LogP contribution is 2.36. The fourth-order valence-electron chi connectivity index (χ4n) is 3.24. The van der Waals surface area contributed by atoms with E-state index in [1.807, 2.05) is 24.3 Å². The molecule has 3 aromatic rings. The summed E-state index contributed by atoms with van der Waals surface area (Å²) in [5, 5.41) is 3.46. The SMILES string of the molecule is CC1(C)C(=O)Nc2ccccc2N1C(=O)COC(=O)/C=C/c1nc2ccccc2s1. The number of anilines is 2. The van der Waals surface area contributed by atoms with Gasteiger partial charge in [0.1, 0.15) is 10.5 Å². The minimum absolute atomic E-state index is 0.309. The number of nitrogens with one attached hydrogen (secondary N) is 1. The molecule has 0 radical (unpaired) electrons. The van der Waals surface area contributed by atoms with Crippen molar-refractivity contribution < 1.29 is 19.1 Å². The van der Waals surface area contributed by atoms with Crippen molar-refractivity contribution in [3.63, 3.8) is 0 Å². The van der Waals surface area contributed by atoms with E-state index in [1.165, 1.54) is 22.3 Å². The van der Waals surface area contributed by atoms with Gasteiger partial charge in [-0.15, -0.1) is 11.3 Å². The van der Waals surface area contributed by atoms with Crippen molar-refractivity contribution in [2.24, 2.45) is 0 Å². The maximum Gasteiger partial charge on any atom is 0.331 e. The van der Waals surface area contributed by atoms with E-state index >= 15 is 0 Å². The number of ether oxygens (including phenoxy) is 1. The Bertz CT molecular complexity index is 1150. The number of amides is 2. The predicted molar refractivity (Wildman–Crippen MR) is 116 cm³/mol. The Kier molecular flexibility index (Phi) is 5.09. The van der Waals surface area contributed by atoms with E-state index in [9.17, 15) is 14.4 Å². The van der Waals surface area contributed by atoms with E-state index in [-0.39, 0.29) is 5.91 Å². The highest BCUT2D eigenvalue weighted by Gasteiger charge is 2.43. The summed E-state index contributed by atoms with van der Waals surface area (Å²) in [6.45, 7) is 2.81. The van der Waals surface area contributed by atoms with Gasteiger partial charge in [-0.1, -0.05) is 24.3 Å². The molecule has 152 valence electrons. The standard InChI is InChI=1S/C22H19N3O4S/c1-22(2)21(28)24-14-7-3-5-9-16(14)25(22)19(26)13-29-20(27)12-11-18-23-15-8-4-6-10-17(15)30-18/h3-12H,13H2,1-2H3,(H,24,28)/b12-11+. The van der Waals surface area contributed by atoms with E-state index in [0.717, 1.165) is 10.2 Å². The van der Waals surface area contributed by atoms with Crippen LogP contribution >= 0.6 is 11.3 Å². The second-order valence-electron chi connectivity index (χ2n) is 7.22.